The Hall–Kier alpha value is -3.87. The standard InChI is InChI=1S/C22H22N2O5/c1-3-29-22(28)19(21(23)27)20(26)17(24-16-11-9-14(2)10-12-16)13-18(25)15-7-5-4-6-8-15/h4-13,24,26H,3H2,1-2H3,(H2,23,27). The van der Waals surface area contributed by atoms with Gasteiger partial charge in [-0.3, -0.25) is 9.59 Å². The molecule has 4 N–H and O–H groups in total. The van der Waals surface area contributed by atoms with E-state index in [0.717, 1.165) is 11.6 Å². The van der Waals surface area contributed by atoms with Gasteiger partial charge >= 0.3 is 5.97 Å². The first-order chi connectivity index (χ1) is 13.8. The summed E-state index contributed by atoms with van der Waals surface area (Å²) in [6, 6.07) is 15.4. The number of amides is 1. The van der Waals surface area contributed by atoms with Gasteiger partial charge in [0.15, 0.2) is 17.1 Å². The number of rotatable bonds is 8. The van der Waals surface area contributed by atoms with Crippen LogP contribution in [0, 0.1) is 6.92 Å². The average Bonchev–Trinajstić information content (AvgIpc) is 2.69. The highest BCUT2D eigenvalue weighted by Crippen LogP contribution is 2.19. The van der Waals surface area contributed by atoms with Crippen molar-refractivity contribution in [2.45, 2.75) is 13.8 Å². The van der Waals surface area contributed by atoms with Crippen LogP contribution < -0.4 is 11.1 Å². The van der Waals surface area contributed by atoms with Crippen molar-refractivity contribution in [3.63, 3.8) is 0 Å². The molecule has 0 bridgehead atoms. The second-order valence-electron chi connectivity index (χ2n) is 6.09. The van der Waals surface area contributed by atoms with E-state index in [-0.39, 0.29) is 12.3 Å². The molecule has 2 aromatic carbocycles. The fourth-order valence-electron chi connectivity index (χ4n) is 2.42. The zero-order valence-corrected chi connectivity index (χ0v) is 16.1. The number of benzene rings is 2. The summed E-state index contributed by atoms with van der Waals surface area (Å²) in [5.41, 5.74) is 6.25. The van der Waals surface area contributed by atoms with Crippen molar-refractivity contribution in [1.82, 2.24) is 0 Å². The molecule has 150 valence electrons. The van der Waals surface area contributed by atoms with Crippen LogP contribution in [0.3, 0.4) is 0 Å². The molecule has 7 heteroatoms. The third kappa shape index (κ3) is 5.80. The van der Waals surface area contributed by atoms with E-state index < -0.39 is 29.0 Å². The molecule has 0 aliphatic heterocycles. The minimum Gasteiger partial charge on any atom is -0.505 e. The van der Waals surface area contributed by atoms with Crippen molar-refractivity contribution < 1.29 is 24.2 Å². The van der Waals surface area contributed by atoms with Crippen LogP contribution in [0.4, 0.5) is 5.69 Å². The van der Waals surface area contributed by atoms with Crippen LogP contribution in [-0.2, 0) is 14.3 Å². The molecule has 2 aromatic rings. The molecule has 2 rings (SSSR count). The molecule has 0 radical (unpaired) electrons. The molecule has 0 atom stereocenters. The van der Waals surface area contributed by atoms with E-state index >= 15 is 0 Å². The number of hydrogen-bond donors (Lipinski definition) is 3. The number of carbonyl (C=O) groups excluding carboxylic acids is 3. The molecule has 0 fully saturated rings. The molecule has 0 saturated heterocycles. The minimum absolute atomic E-state index is 0.0176. The molecule has 0 aliphatic carbocycles. The Morgan fingerprint density at radius 3 is 2.24 bits per heavy atom. The third-order valence-corrected chi connectivity index (χ3v) is 3.88. The zero-order chi connectivity index (χ0) is 21.4. The van der Waals surface area contributed by atoms with E-state index in [9.17, 15) is 19.5 Å². The Balaban J connectivity index is 2.55. The van der Waals surface area contributed by atoms with Gasteiger partial charge in [0.2, 0.25) is 0 Å². The highest BCUT2D eigenvalue weighted by atomic mass is 16.5. The van der Waals surface area contributed by atoms with Crippen molar-refractivity contribution in [3.8, 4) is 0 Å². The van der Waals surface area contributed by atoms with E-state index in [1.165, 1.54) is 0 Å². The number of aliphatic hydroxyl groups is 1. The van der Waals surface area contributed by atoms with Crippen molar-refractivity contribution in [2.75, 3.05) is 11.9 Å². The normalized spacial score (nSPS) is 12.0. The first-order valence-electron chi connectivity index (χ1n) is 8.88. The Labute approximate surface area is 168 Å². The van der Waals surface area contributed by atoms with E-state index in [0.29, 0.717) is 11.3 Å². The number of primary amides is 1. The van der Waals surface area contributed by atoms with E-state index in [4.69, 9.17) is 10.5 Å². The summed E-state index contributed by atoms with van der Waals surface area (Å²) in [4.78, 5) is 36.5. The van der Waals surface area contributed by atoms with Gasteiger partial charge in [0.1, 0.15) is 0 Å². The van der Waals surface area contributed by atoms with Crippen molar-refractivity contribution in [3.05, 3.63) is 88.8 Å². The lowest BCUT2D eigenvalue weighted by molar-refractivity contribution is -0.140. The Morgan fingerprint density at radius 2 is 1.69 bits per heavy atom. The number of ether oxygens (including phenoxy) is 1. The SMILES string of the molecule is CCOC(=O)C(C(N)=O)=C(O)C(=CC(=O)c1ccccc1)Nc1ccc(C)cc1. The number of aryl methyl sites for hydroxylation is 1. The van der Waals surface area contributed by atoms with Crippen LogP contribution in [0.5, 0.6) is 0 Å². The quantitative estimate of drug-likeness (QED) is 0.120. The average molecular weight is 394 g/mol. The monoisotopic (exact) mass is 394 g/mol. The maximum atomic E-state index is 12.6. The molecule has 0 aromatic heterocycles. The summed E-state index contributed by atoms with van der Waals surface area (Å²) in [6.45, 7) is 3.44. The number of carbonyl (C=O) groups is 3. The number of ketones is 1. The van der Waals surface area contributed by atoms with Gasteiger partial charge in [-0.2, -0.15) is 0 Å². The lowest BCUT2D eigenvalue weighted by Crippen LogP contribution is -2.26. The van der Waals surface area contributed by atoms with Crippen molar-refractivity contribution in [2.24, 2.45) is 5.73 Å². The fraction of sp³-hybridized carbons (Fsp3) is 0.136. The molecule has 0 aliphatic rings. The van der Waals surface area contributed by atoms with Gasteiger partial charge in [-0.25, -0.2) is 4.79 Å². The predicted octanol–water partition coefficient (Wildman–Crippen LogP) is 3.03. The van der Waals surface area contributed by atoms with Crippen LogP contribution in [0.25, 0.3) is 0 Å². The van der Waals surface area contributed by atoms with E-state index in [1.807, 2.05) is 19.1 Å². The summed E-state index contributed by atoms with van der Waals surface area (Å²) in [6.07, 6.45) is 1.09. The number of hydrogen-bond acceptors (Lipinski definition) is 6. The van der Waals surface area contributed by atoms with Crippen LogP contribution in [0.2, 0.25) is 0 Å². The largest absolute Gasteiger partial charge is 0.505 e. The second kappa shape index (κ2) is 9.89. The number of allylic oxidation sites excluding steroid dienone is 1. The Kier molecular flexibility index (Phi) is 7.31. The highest BCUT2D eigenvalue weighted by molar-refractivity contribution is 6.17. The summed E-state index contributed by atoms with van der Waals surface area (Å²) >= 11 is 0. The molecular weight excluding hydrogens is 372 g/mol. The number of aliphatic hydroxyl groups excluding tert-OH is 1. The molecule has 0 unspecified atom stereocenters. The third-order valence-electron chi connectivity index (χ3n) is 3.88. The first kappa shape index (κ1) is 21.4. The number of nitrogens with one attached hydrogen (secondary N) is 1. The molecule has 0 heterocycles. The van der Waals surface area contributed by atoms with Gasteiger partial charge in [0.25, 0.3) is 5.91 Å². The summed E-state index contributed by atoms with van der Waals surface area (Å²) in [5, 5.41) is 13.5. The summed E-state index contributed by atoms with van der Waals surface area (Å²) in [7, 11) is 0. The van der Waals surface area contributed by atoms with Crippen LogP contribution >= 0.6 is 0 Å². The maximum Gasteiger partial charge on any atom is 0.347 e. The Morgan fingerprint density at radius 1 is 1.07 bits per heavy atom. The molecular formula is C22H22N2O5. The smallest absolute Gasteiger partial charge is 0.347 e. The van der Waals surface area contributed by atoms with E-state index in [1.54, 1.807) is 49.4 Å². The maximum absolute atomic E-state index is 12.6. The summed E-state index contributed by atoms with van der Waals surface area (Å²) in [5.74, 6) is -3.48. The fourth-order valence-corrected chi connectivity index (χ4v) is 2.42. The highest BCUT2D eigenvalue weighted by Gasteiger charge is 2.25. The number of esters is 1. The molecule has 0 spiro atoms. The molecule has 29 heavy (non-hydrogen) atoms. The summed E-state index contributed by atoms with van der Waals surface area (Å²) < 4.78 is 4.79. The minimum atomic E-state index is -1.18. The molecule has 1 amide bonds. The van der Waals surface area contributed by atoms with Crippen LogP contribution in [-0.4, -0.2) is 29.4 Å². The van der Waals surface area contributed by atoms with Gasteiger partial charge in [-0.15, -0.1) is 0 Å². The Bertz CT molecular complexity index is 960. The predicted molar refractivity (Wildman–Crippen MR) is 109 cm³/mol. The second-order valence-corrected chi connectivity index (χ2v) is 6.09. The first-order valence-corrected chi connectivity index (χ1v) is 8.88. The van der Waals surface area contributed by atoms with Crippen LogP contribution in [0.1, 0.15) is 22.8 Å². The van der Waals surface area contributed by atoms with Crippen molar-refractivity contribution in [1.29, 1.82) is 0 Å². The van der Waals surface area contributed by atoms with E-state index in [2.05, 4.69) is 5.32 Å². The molecule has 0 saturated carbocycles. The van der Waals surface area contributed by atoms with Gasteiger partial charge in [0, 0.05) is 17.3 Å². The van der Waals surface area contributed by atoms with Crippen LogP contribution in [0.15, 0.2) is 77.7 Å². The van der Waals surface area contributed by atoms with Gasteiger partial charge in [-0.1, -0.05) is 48.0 Å². The zero-order valence-electron chi connectivity index (χ0n) is 16.1. The topological polar surface area (TPSA) is 119 Å². The van der Waals surface area contributed by atoms with Gasteiger partial charge < -0.3 is 20.9 Å². The number of anilines is 1. The van der Waals surface area contributed by atoms with Gasteiger partial charge in [-0.05, 0) is 26.0 Å². The lowest BCUT2D eigenvalue weighted by atomic mass is 10.1. The van der Waals surface area contributed by atoms with Crippen molar-refractivity contribution >= 4 is 23.3 Å². The number of nitrogens with two attached hydrogens (primary N) is 1. The lowest BCUT2D eigenvalue weighted by Gasteiger charge is -2.13. The van der Waals surface area contributed by atoms with Gasteiger partial charge in [0.05, 0.1) is 12.3 Å². The molecule has 7 nitrogen and oxygen atoms in total.